The molecular weight excluding hydrogens is 290 g/mol. The molecule has 6 heteroatoms. The van der Waals surface area contributed by atoms with Crippen molar-refractivity contribution in [2.75, 3.05) is 7.05 Å². The highest BCUT2D eigenvalue weighted by atomic mass is 16.2. The molecule has 3 rings (SSSR count). The normalized spacial score (nSPS) is 16.7. The van der Waals surface area contributed by atoms with E-state index in [0.717, 1.165) is 31.6 Å². The molecule has 2 aromatic rings. The summed E-state index contributed by atoms with van der Waals surface area (Å²) in [6, 6.07) is 8.49. The standard InChI is InChI=1S/C17H23N5O/c1-3-22-12-19-20-16(22)11-18-17(23)21(2)15-10-6-8-13-7-4-5-9-14(13)15/h4-5,7,9,12,15H,3,6,8,10-11H2,1-2H3,(H,18,23)/t15-/m1/s1. The molecule has 1 aliphatic rings. The Morgan fingerprint density at radius 3 is 3.09 bits per heavy atom. The Hall–Kier alpha value is -2.37. The van der Waals surface area contributed by atoms with Gasteiger partial charge in [0, 0.05) is 13.6 Å². The summed E-state index contributed by atoms with van der Waals surface area (Å²) in [5.41, 5.74) is 2.63. The molecule has 0 unspecified atom stereocenters. The molecule has 1 atom stereocenters. The van der Waals surface area contributed by atoms with Gasteiger partial charge in [0.25, 0.3) is 0 Å². The van der Waals surface area contributed by atoms with Crippen molar-refractivity contribution in [3.05, 3.63) is 47.5 Å². The Balaban J connectivity index is 1.66. The van der Waals surface area contributed by atoms with E-state index in [1.165, 1.54) is 11.1 Å². The summed E-state index contributed by atoms with van der Waals surface area (Å²) in [6.45, 7) is 3.22. The quantitative estimate of drug-likeness (QED) is 0.943. The van der Waals surface area contributed by atoms with Gasteiger partial charge in [-0.2, -0.15) is 0 Å². The number of hydrogen-bond acceptors (Lipinski definition) is 3. The first kappa shape index (κ1) is 15.5. The SMILES string of the molecule is CCn1cnnc1CNC(=O)N(C)[C@@H]1CCCc2ccccc21. The zero-order valence-corrected chi connectivity index (χ0v) is 13.7. The van der Waals surface area contributed by atoms with Gasteiger partial charge in [0.2, 0.25) is 0 Å². The molecule has 6 nitrogen and oxygen atoms in total. The second-order valence-corrected chi connectivity index (χ2v) is 5.91. The van der Waals surface area contributed by atoms with Crippen LogP contribution in [0.4, 0.5) is 4.79 Å². The summed E-state index contributed by atoms with van der Waals surface area (Å²) in [5.74, 6) is 0.776. The minimum atomic E-state index is -0.0719. The molecular formula is C17H23N5O. The van der Waals surface area contributed by atoms with E-state index in [9.17, 15) is 4.79 Å². The first-order chi connectivity index (χ1) is 11.2. The van der Waals surface area contributed by atoms with Gasteiger partial charge in [0.05, 0.1) is 12.6 Å². The van der Waals surface area contributed by atoms with Crippen molar-refractivity contribution < 1.29 is 4.79 Å². The first-order valence-electron chi connectivity index (χ1n) is 8.16. The van der Waals surface area contributed by atoms with Crippen molar-refractivity contribution in [1.82, 2.24) is 25.0 Å². The number of amides is 2. The summed E-state index contributed by atoms with van der Waals surface area (Å²) in [6.07, 6.45) is 4.90. The number of fused-ring (bicyclic) bond motifs is 1. The van der Waals surface area contributed by atoms with E-state index >= 15 is 0 Å². The monoisotopic (exact) mass is 313 g/mol. The van der Waals surface area contributed by atoms with Gasteiger partial charge in [-0.1, -0.05) is 24.3 Å². The molecule has 1 aromatic heterocycles. The summed E-state index contributed by atoms with van der Waals surface area (Å²) >= 11 is 0. The second kappa shape index (κ2) is 6.81. The predicted molar refractivity (Wildman–Crippen MR) is 87.8 cm³/mol. The van der Waals surface area contributed by atoms with E-state index in [2.05, 4.69) is 33.7 Å². The summed E-state index contributed by atoms with van der Waals surface area (Å²) in [4.78, 5) is 14.3. The van der Waals surface area contributed by atoms with Crippen LogP contribution in [0.5, 0.6) is 0 Å². The average molecular weight is 313 g/mol. The number of urea groups is 1. The molecule has 0 fully saturated rings. The van der Waals surface area contributed by atoms with E-state index in [0.29, 0.717) is 6.54 Å². The molecule has 1 N–H and O–H groups in total. The highest BCUT2D eigenvalue weighted by molar-refractivity contribution is 5.74. The third-order valence-electron chi connectivity index (χ3n) is 4.56. The summed E-state index contributed by atoms with van der Waals surface area (Å²) in [7, 11) is 1.87. The number of nitrogens with one attached hydrogen (secondary N) is 1. The van der Waals surface area contributed by atoms with E-state index < -0.39 is 0 Å². The molecule has 2 amide bonds. The Labute approximate surface area is 136 Å². The molecule has 0 radical (unpaired) electrons. The van der Waals surface area contributed by atoms with Crippen LogP contribution in [0.3, 0.4) is 0 Å². The van der Waals surface area contributed by atoms with Crippen LogP contribution in [0.25, 0.3) is 0 Å². The van der Waals surface area contributed by atoms with E-state index in [4.69, 9.17) is 0 Å². The lowest BCUT2D eigenvalue weighted by molar-refractivity contribution is 0.183. The molecule has 23 heavy (non-hydrogen) atoms. The number of aromatic nitrogens is 3. The van der Waals surface area contributed by atoms with Gasteiger partial charge in [-0.3, -0.25) is 0 Å². The maximum absolute atomic E-state index is 12.5. The van der Waals surface area contributed by atoms with E-state index in [1.54, 1.807) is 6.33 Å². The van der Waals surface area contributed by atoms with Crippen LogP contribution in [-0.4, -0.2) is 32.7 Å². The number of nitrogens with zero attached hydrogens (tertiary/aromatic N) is 4. The van der Waals surface area contributed by atoms with Crippen LogP contribution >= 0.6 is 0 Å². The van der Waals surface area contributed by atoms with Gasteiger partial charge in [-0.15, -0.1) is 10.2 Å². The Morgan fingerprint density at radius 2 is 2.26 bits per heavy atom. The van der Waals surface area contributed by atoms with Gasteiger partial charge >= 0.3 is 6.03 Å². The molecule has 1 aromatic carbocycles. The lowest BCUT2D eigenvalue weighted by atomic mass is 9.87. The van der Waals surface area contributed by atoms with Crippen LogP contribution < -0.4 is 5.32 Å². The Kier molecular flexibility index (Phi) is 4.60. The van der Waals surface area contributed by atoms with Crippen LogP contribution in [0.2, 0.25) is 0 Å². The highest BCUT2D eigenvalue weighted by Gasteiger charge is 2.26. The largest absolute Gasteiger partial charge is 0.331 e. The number of benzene rings is 1. The fourth-order valence-electron chi connectivity index (χ4n) is 3.23. The Morgan fingerprint density at radius 1 is 1.43 bits per heavy atom. The van der Waals surface area contributed by atoms with Gasteiger partial charge in [-0.25, -0.2) is 4.79 Å². The third-order valence-corrected chi connectivity index (χ3v) is 4.56. The summed E-state index contributed by atoms with van der Waals surface area (Å²) < 4.78 is 1.93. The number of carbonyl (C=O) groups is 1. The van der Waals surface area contributed by atoms with Crippen molar-refractivity contribution in [3.63, 3.8) is 0 Å². The van der Waals surface area contributed by atoms with Crippen molar-refractivity contribution in [2.24, 2.45) is 0 Å². The molecule has 1 aliphatic carbocycles. The molecule has 122 valence electrons. The van der Waals surface area contributed by atoms with Gasteiger partial charge < -0.3 is 14.8 Å². The van der Waals surface area contributed by atoms with Crippen molar-refractivity contribution in [2.45, 2.75) is 45.3 Å². The zero-order chi connectivity index (χ0) is 16.2. The van der Waals surface area contributed by atoms with Gasteiger partial charge in [0.1, 0.15) is 6.33 Å². The van der Waals surface area contributed by atoms with Crippen molar-refractivity contribution in [3.8, 4) is 0 Å². The lowest BCUT2D eigenvalue weighted by Crippen LogP contribution is -2.40. The average Bonchev–Trinajstić information content (AvgIpc) is 3.06. The number of hydrogen-bond donors (Lipinski definition) is 1. The molecule has 0 spiro atoms. The lowest BCUT2D eigenvalue weighted by Gasteiger charge is -2.33. The van der Waals surface area contributed by atoms with Crippen molar-refractivity contribution >= 4 is 6.03 Å². The summed E-state index contributed by atoms with van der Waals surface area (Å²) in [5, 5.41) is 10.9. The predicted octanol–water partition coefficient (Wildman–Crippen LogP) is 2.52. The highest BCUT2D eigenvalue weighted by Crippen LogP contribution is 2.33. The number of carbonyl (C=O) groups excluding carboxylic acids is 1. The van der Waals surface area contributed by atoms with Crippen LogP contribution in [0, 0.1) is 0 Å². The van der Waals surface area contributed by atoms with Crippen LogP contribution in [0.15, 0.2) is 30.6 Å². The maximum atomic E-state index is 12.5. The molecule has 0 saturated heterocycles. The third kappa shape index (κ3) is 3.21. The van der Waals surface area contributed by atoms with Crippen LogP contribution in [0.1, 0.15) is 42.8 Å². The molecule has 0 bridgehead atoms. The van der Waals surface area contributed by atoms with E-state index in [1.807, 2.05) is 29.5 Å². The molecule has 0 saturated carbocycles. The number of aryl methyl sites for hydroxylation is 2. The topological polar surface area (TPSA) is 63.1 Å². The zero-order valence-electron chi connectivity index (χ0n) is 13.7. The van der Waals surface area contributed by atoms with Crippen LogP contribution in [-0.2, 0) is 19.5 Å². The van der Waals surface area contributed by atoms with E-state index in [-0.39, 0.29) is 12.1 Å². The second-order valence-electron chi connectivity index (χ2n) is 5.91. The molecule has 1 heterocycles. The smallest absolute Gasteiger partial charge is 0.318 e. The molecule has 0 aliphatic heterocycles. The van der Waals surface area contributed by atoms with Crippen molar-refractivity contribution in [1.29, 1.82) is 0 Å². The number of rotatable bonds is 4. The van der Waals surface area contributed by atoms with Gasteiger partial charge in [0.15, 0.2) is 5.82 Å². The minimum Gasteiger partial charge on any atom is -0.331 e. The minimum absolute atomic E-state index is 0.0719. The van der Waals surface area contributed by atoms with Gasteiger partial charge in [-0.05, 0) is 37.3 Å². The fraction of sp³-hybridized carbons (Fsp3) is 0.471. The Bertz CT molecular complexity index is 681. The first-order valence-corrected chi connectivity index (χ1v) is 8.16. The maximum Gasteiger partial charge on any atom is 0.318 e. The fourth-order valence-corrected chi connectivity index (χ4v) is 3.23.